The molecular weight excluding hydrogens is 180 g/mol. The van der Waals surface area contributed by atoms with Crippen LogP contribution in [0.5, 0.6) is 0 Å². The summed E-state index contributed by atoms with van der Waals surface area (Å²) in [6, 6.07) is 9.37. The standard InChI is InChI=1S/C11H12O3/c12-7-9-6-10(13)11(14-9)8-4-2-1-3-5-8/h1-5,9,11-12H,6-7H2/t9-,11+/m1/s1. The molecule has 0 aliphatic carbocycles. The van der Waals surface area contributed by atoms with Gasteiger partial charge in [0.25, 0.3) is 0 Å². The lowest BCUT2D eigenvalue weighted by Crippen LogP contribution is -2.10. The molecule has 1 aliphatic heterocycles. The van der Waals surface area contributed by atoms with E-state index in [1.54, 1.807) is 0 Å². The van der Waals surface area contributed by atoms with Crippen LogP contribution >= 0.6 is 0 Å². The first-order valence-electron chi connectivity index (χ1n) is 4.65. The Morgan fingerprint density at radius 2 is 2.07 bits per heavy atom. The van der Waals surface area contributed by atoms with Crippen molar-refractivity contribution in [3.05, 3.63) is 35.9 Å². The second-order valence-corrected chi connectivity index (χ2v) is 3.40. The van der Waals surface area contributed by atoms with E-state index < -0.39 is 6.10 Å². The number of aliphatic hydroxyl groups is 1. The molecule has 2 atom stereocenters. The molecular formula is C11H12O3. The van der Waals surface area contributed by atoms with Crippen LogP contribution in [0.25, 0.3) is 0 Å². The lowest BCUT2D eigenvalue weighted by molar-refractivity contribution is -0.122. The van der Waals surface area contributed by atoms with Gasteiger partial charge in [-0.3, -0.25) is 4.79 Å². The minimum Gasteiger partial charge on any atom is -0.394 e. The quantitative estimate of drug-likeness (QED) is 0.762. The molecule has 3 nitrogen and oxygen atoms in total. The molecule has 1 N–H and O–H groups in total. The van der Waals surface area contributed by atoms with E-state index in [4.69, 9.17) is 9.84 Å². The van der Waals surface area contributed by atoms with Crippen LogP contribution in [0, 0.1) is 0 Å². The van der Waals surface area contributed by atoms with Crippen molar-refractivity contribution in [1.82, 2.24) is 0 Å². The highest BCUT2D eigenvalue weighted by Crippen LogP contribution is 2.29. The van der Waals surface area contributed by atoms with Crippen molar-refractivity contribution >= 4 is 5.78 Å². The molecule has 0 unspecified atom stereocenters. The van der Waals surface area contributed by atoms with E-state index >= 15 is 0 Å². The van der Waals surface area contributed by atoms with E-state index in [0.717, 1.165) is 5.56 Å². The van der Waals surface area contributed by atoms with E-state index in [0.29, 0.717) is 6.42 Å². The lowest BCUT2D eigenvalue weighted by Gasteiger charge is -2.10. The molecule has 74 valence electrons. The number of hydrogen-bond donors (Lipinski definition) is 1. The van der Waals surface area contributed by atoms with E-state index in [2.05, 4.69) is 0 Å². The summed E-state index contributed by atoms with van der Waals surface area (Å²) in [6.45, 7) is -0.0882. The van der Waals surface area contributed by atoms with Gasteiger partial charge in [-0.1, -0.05) is 30.3 Å². The van der Waals surface area contributed by atoms with Gasteiger partial charge in [0, 0.05) is 6.42 Å². The molecule has 3 heteroatoms. The number of carbonyl (C=O) groups excluding carboxylic acids is 1. The fourth-order valence-corrected chi connectivity index (χ4v) is 1.65. The van der Waals surface area contributed by atoms with Gasteiger partial charge in [-0.2, -0.15) is 0 Å². The Labute approximate surface area is 82.3 Å². The van der Waals surface area contributed by atoms with Crippen molar-refractivity contribution in [2.75, 3.05) is 6.61 Å². The summed E-state index contributed by atoms with van der Waals surface area (Å²) in [5.41, 5.74) is 0.869. The number of aliphatic hydroxyl groups excluding tert-OH is 1. The molecule has 0 aromatic heterocycles. The highest BCUT2D eigenvalue weighted by Gasteiger charge is 2.33. The maximum absolute atomic E-state index is 11.5. The van der Waals surface area contributed by atoms with Crippen molar-refractivity contribution in [2.24, 2.45) is 0 Å². The highest BCUT2D eigenvalue weighted by atomic mass is 16.5. The molecule has 1 aliphatic rings. The van der Waals surface area contributed by atoms with Gasteiger partial charge >= 0.3 is 0 Å². The predicted octanol–water partition coefficient (Wildman–Crippen LogP) is 1.08. The van der Waals surface area contributed by atoms with Gasteiger partial charge in [-0.05, 0) is 5.56 Å². The molecule has 1 aromatic carbocycles. The van der Waals surface area contributed by atoms with Crippen molar-refractivity contribution in [3.8, 4) is 0 Å². The number of ketones is 1. The molecule has 1 aromatic rings. The van der Waals surface area contributed by atoms with E-state index in [-0.39, 0.29) is 18.5 Å². The monoisotopic (exact) mass is 192 g/mol. The molecule has 0 saturated carbocycles. The fourth-order valence-electron chi connectivity index (χ4n) is 1.65. The molecule has 1 fully saturated rings. The van der Waals surface area contributed by atoms with Crippen molar-refractivity contribution < 1.29 is 14.6 Å². The van der Waals surface area contributed by atoms with Gasteiger partial charge in [0.2, 0.25) is 0 Å². The van der Waals surface area contributed by atoms with Gasteiger partial charge in [0.15, 0.2) is 5.78 Å². The molecule has 0 amide bonds. The van der Waals surface area contributed by atoms with Crippen LogP contribution in [-0.4, -0.2) is 23.6 Å². The number of benzene rings is 1. The Kier molecular flexibility index (Phi) is 2.61. The molecule has 0 bridgehead atoms. The number of hydrogen-bond acceptors (Lipinski definition) is 3. The maximum atomic E-state index is 11.5. The molecule has 1 saturated heterocycles. The topological polar surface area (TPSA) is 46.5 Å². The average molecular weight is 192 g/mol. The summed E-state index contributed by atoms with van der Waals surface area (Å²) in [5, 5.41) is 8.87. The molecule has 14 heavy (non-hydrogen) atoms. The normalized spacial score (nSPS) is 26.8. The molecule has 1 heterocycles. The van der Waals surface area contributed by atoms with Crippen LogP contribution in [0.2, 0.25) is 0 Å². The van der Waals surface area contributed by atoms with Crippen LogP contribution in [-0.2, 0) is 9.53 Å². The van der Waals surface area contributed by atoms with Gasteiger partial charge in [0.05, 0.1) is 12.7 Å². The van der Waals surface area contributed by atoms with E-state index in [1.165, 1.54) is 0 Å². The van der Waals surface area contributed by atoms with Gasteiger partial charge in [0.1, 0.15) is 6.10 Å². The van der Waals surface area contributed by atoms with Crippen molar-refractivity contribution in [3.63, 3.8) is 0 Å². The maximum Gasteiger partial charge on any atom is 0.168 e. The number of ether oxygens (including phenoxy) is 1. The Bertz CT molecular complexity index is 321. The zero-order valence-corrected chi connectivity index (χ0v) is 7.72. The van der Waals surface area contributed by atoms with Crippen LogP contribution in [0.15, 0.2) is 30.3 Å². The first-order chi connectivity index (χ1) is 6.81. The Morgan fingerprint density at radius 3 is 2.64 bits per heavy atom. The minimum atomic E-state index is -0.478. The van der Waals surface area contributed by atoms with E-state index in [9.17, 15) is 4.79 Å². The van der Waals surface area contributed by atoms with Crippen LogP contribution in [0.3, 0.4) is 0 Å². The van der Waals surface area contributed by atoms with Crippen LogP contribution < -0.4 is 0 Å². The number of Topliss-reactive ketones (excluding diaryl/α,β-unsaturated/α-hetero) is 1. The largest absolute Gasteiger partial charge is 0.394 e. The molecule has 2 rings (SSSR count). The summed E-state index contributed by atoms with van der Waals surface area (Å²) in [6.07, 6.45) is -0.489. The first-order valence-corrected chi connectivity index (χ1v) is 4.65. The Morgan fingerprint density at radius 1 is 1.36 bits per heavy atom. The Balaban J connectivity index is 2.17. The predicted molar refractivity (Wildman–Crippen MR) is 50.8 cm³/mol. The SMILES string of the molecule is O=C1C[C@H](CO)O[C@H]1c1ccccc1. The minimum absolute atomic E-state index is 0.0512. The molecule has 0 radical (unpaired) electrons. The van der Waals surface area contributed by atoms with Gasteiger partial charge in [-0.25, -0.2) is 0 Å². The van der Waals surface area contributed by atoms with Crippen LogP contribution in [0.4, 0.5) is 0 Å². The number of carbonyl (C=O) groups is 1. The highest BCUT2D eigenvalue weighted by molar-refractivity contribution is 5.86. The third-order valence-electron chi connectivity index (χ3n) is 2.36. The first kappa shape index (κ1) is 9.37. The summed E-state index contributed by atoms with van der Waals surface area (Å²) < 4.78 is 5.41. The third-order valence-corrected chi connectivity index (χ3v) is 2.36. The number of rotatable bonds is 2. The third kappa shape index (κ3) is 1.69. The summed E-state index contributed by atoms with van der Waals surface area (Å²) in [5.74, 6) is 0.0512. The second-order valence-electron chi connectivity index (χ2n) is 3.40. The van der Waals surface area contributed by atoms with Crippen LogP contribution in [0.1, 0.15) is 18.1 Å². The van der Waals surface area contributed by atoms with E-state index in [1.807, 2.05) is 30.3 Å². The van der Waals surface area contributed by atoms with Crippen molar-refractivity contribution in [2.45, 2.75) is 18.6 Å². The van der Waals surface area contributed by atoms with Crippen molar-refractivity contribution in [1.29, 1.82) is 0 Å². The average Bonchev–Trinajstić information content (AvgIpc) is 2.61. The fraction of sp³-hybridized carbons (Fsp3) is 0.364. The second kappa shape index (κ2) is 3.90. The zero-order chi connectivity index (χ0) is 9.97. The smallest absolute Gasteiger partial charge is 0.168 e. The summed E-state index contributed by atoms with van der Waals surface area (Å²) in [7, 11) is 0. The summed E-state index contributed by atoms with van der Waals surface area (Å²) >= 11 is 0. The van der Waals surface area contributed by atoms with Gasteiger partial charge in [-0.15, -0.1) is 0 Å². The summed E-state index contributed by atoms with van der Waals surface area (Å²) in [4.78, 5) is 11.5. The van der Waals surface area contributed by atoms with Gasteiger partial charge < -0.3 is 9.84 Å². The molecule has 0 spiro atoms. The zero-order valence-electron chi connectivity index (χ0n) is 7.72. The lowest BCUT2D eigenvalue weighted by atomic mass is 10.1. The Hall–Kier alpha value is -1.19.